The second-order valence-corrected chi connectivity index (χ2v) is 5.98. The van der Waals surface area contributed by atoms with Crippen LogP contribution in [0.4, 0.5) is 0 Å². The lowest BCUT2D eigenvalue weighted by Gasteiger charge is -2.30. The van der Waals surface area contributed by atoms with E-state index in [1.54, 1.807) is 13.8 Å². The molecule has 1 atom stereocenters. The molecule has 0 aliphatic heterocycles. The summed E-state index contributed by atoms with van der Waals surface area (Å²) in [6, 6.07) is 0.123. The molecule has 0 saturated carbocycles. The van der Waals surface area contributed by atoms with E-state index in [-0.39, 0.29) is 17.4 Å². The zero-order valence-electron chi connectivity index (χ0n) is 9.36. The van der Waals surface area contributed by atoms with Gasteiger partial charge in [0, 0.05) is 6.04 Å². The van der Waals surface area contributed by atoms with Crippen molar-refractivity contribution in [2.75, 3.05) is 0 Å². The van der Waals surface area contributed by atoms with Gasteiger partial charge in [0.25, 0.3) is 0 Å². The molecule has 0 aromatic rings. The molecule has 2 nitrogen and oxygen atoms in total. The summed E-state index contributed by atoms with van der Waals surface area (Å²) in [5.74, 6) is -0.114. The minimum Gasteiger partial charge on any atom is -0.352 e. The number of rotatable bonds is 2. The molecule has 1 unspecified atom stereocenters. The van der Waals surface area contributed by atoms with Gasteiger partial charge in [-0.1, -0.05) is 20.8 Å². The molecule has 0 fully saturated rings. The third-order valence-corrected chi connectivity index (χ3v) is 2.36. The minimum absolute atomic E-state index is 0.0673. The van der Waals surface area contributed by atoms with Gasteiger partial charge in [-0.25, -0.2) is 0 Å². The number of halogens is 1. The molecular weight excluding hydrogens is 186 g/mol. The Balaban J connectivity index is 4.24. The molecule has 1 N–H and O–H groups in total. The number of carbonyl (C=O) groups is 1. The van der Waals surface area contributed by atoms with Crippen molar-refractivity contribution in [3.8, 4) is 0 Å². The van der Waals surface area contributed by atoms with E-state index in [0.29, 0.717) is 0 Å². The van der Waals surface area contributed by atoms with Crippen LogP contribution in [0, 0.1) is 5.41 Å². The smallest absolute Gasteiger partial charge is 0.240 e. The van der Waals surface area contributed by atoms with Crippen LogP contribution in [0.15, 0.2) is 0 Å². The summed E-state index contributed by atoms with van der Waals surface area (Å²) in [4.78, 5) is 10.7. The number of nitrogens with one attached hydrogen (secondary N) is 1. The molecule has 78 valence electrons. The number of amides is 1. The number of carbonyl (C=O) groups excluding carboxylic acids is 1. The highest BCUT2D eigenvalue weighted by Crippen LogP contribution is 2.20. The zero-order chi connectivity index (χ0) is 10.9. The van der Waals surface area contributed by atoms with Crippen LogP contribution in [0.25, 0.3) is 0 Å². The number of alkyl halides is 1. The predicted molar refractivity (Wildman–Crippen MR) is 57.0 cm³/mol. The molecule has 0 heterocycles. The quantitative estimate of drug-likeness (QED) is 0.690. The van der Waals surface area contributed by atoms with Crippen LogP contribution in [0.5, 0.6) is 0 Å². The van der Waals surface area contributed by atoms with E-state index in [9.17, 15) is 4.79 Å². The highest BCUT2D eigenvalue weighted by atomic mass is 35.5. The average Bonchev–Trinajstić information content (AvgIpc) is 1.82. The topological polar surface area (TPSA) is 29.1 Å². The van der Waals surface area contributed by atoms with Crippen molar-refractivity contribution in [3.05, 3.63) is 0 Å². The van der Waals surface area contributed by atoms with Gasteiger partial charge in [-0.15, -0.1) is 11.6 Å². The Morgan fingerprint density at radius 1 is 1.23 bits per heavy atom. The Hall–Kier alpha value is -0.240. The van der Waals surface area contributed by atoms with Crippen LogP contribution in [0.2, 0.25) is 0 Å². The first-order valence-electron chi connectivity index (χ1n) is 4.55. The lowest BCUT2D eigenvalue weighted by atomic mass is 9.88. The van der Waals surface area contributed by atoms with E-state index in [2.05, 4.69) is 26.1 Å². The van der Waals surface area contributed by atoms with Gasteiger partial charge in [0.05, 0.1) is 0 Å². The Bertz CT molecular complexity index is 188. The van der Waals surface area contributed by atoms with Gasteiger partial charge < -0.3 is 5.32 Å². The van der Waals surface area contributed by atoms with E-state index in [0.717, 1.165) is 0 Å². The maximum absolute atomic E-state index is 11.5. The first kappa shape index (κ1) is 12.8. The van der Waals surface area contributed by atoms with Crippen molar-refractivity contribution in [2.45, 2.75) is 52.5 Å². The molecule has 0 aromatic carbocycles. The monoisotopic (exact) mass is 205 g/mol. The van der Waals surface area contributed by atoms with Crippen LogP contribution in [0.1, 0.15) is 41.5 Å². The molecule has 0 saturated heterocycles. The van der Waals surface area contributed by atoms with Crippen LogP contribution < -0.4 is 5.32 Å². The Kier molecular flexibility index (Phi) is 3.80. The van der Waals surface area contributed by atoms with Gasteiger partial charge in [-0.05, 0) is 26.2 Å². The van der Waals surface area contributed by atoms with Gasteiger partial charge in [0.15, 0.2) is 0 Å². The fraction of sp³-hybridized carbons (Fsp3) is 0.900. The first-order chi connectivity index (χ1) is 5.55. The van der Waals surface area contributed by atoms with Gasteiger partial charge in [0.2, 0.25) is 5.91 Å². The minimum atomic E-state index is -0.820. The van der Waals surface area contributed by atoms with E-state index >= 15 is 0 Å². The molecule has 0 rings (SSSR count). The summed E-state index contributed by atoms with van der Waals surface area (Å²) < 4.78 is 0. The third kappa shape index (κ3) is 4.51. The summed E-state index contributed by atoms with van der Waals surface area (Å²) in [5, 5.41) is 2.89. The van der Waals surface area contributed by atoms with E-state index in [1.165, 1.54) is 0 Å². The van der Waals surface area contributed by atoms with E-state index < -0.39 is 4.87 Å². The van der Waals surface area contributed by atoms with Gasteiger partial charge in [0.1, 0.15) is 4.87 Å². The normalized spacial score (nSPS) is 15.3. The lowest BCUT2D eigenvalue weighted by molar-refractivity contribution is -0.124. The first-order valence-corrected chi connectivity index (χ1v) is 4.93. The maximum atomic E-state index is 11.5. The van der Waals surface area contributed by atoms with Crippen molar-refractivity contribution in [3.63, 3.8) is 0 Å². The van der Waals surface area contributed by atoms with Gasteiger partial charge in [-0.3, -0.25) is 4.79 Å². The maximum Gasteiger partial charge on any atom is 0.240 e. The third-order valence-electron chi connectivity index (χ3n) is 2.19. The number of hydrogen-bond acceptors (Lipinski definition) is 1. The average molecular weight is 206 g/mol. The van der Waals surface area contributed by atoms with Crippen molar-refractivity contribution in [1.29, 1.82) is 0 Å². The molecule has 0 bridgehead atoms. The summed E-state index contributed by atoms with van der Waals surface area (Å²) in [6.07, 6.45) is 0. The van der Waals surface area contributed by atoms with E-state index in [4.69, 9.17) is 11.6 Å². The van der Waals surface area contributed by atoms with Crippen molar-refractivity contribution in [2.24, 2.45) is 5.41 Å². The molecule has 0 aromatic heterocycles. The molecule has 3 heteroatoms. The summed E-state index contributed by atoms with van der Waals surface area (Å²) in [7, 11) is 0. The second kappa shape index (κ2) is 3.87. The Labute approximate surface area is 86.0 Å². The fourth-order valence-electron chi connectivity index (χ4n) is 0.585. The second-order valence-electron chi connectivity index (χ2n) is 5.03. The predicted octanol–water partition coefficient (Wildman–Crippen LogP) is 2.55. The SMILES string of the molecule is CC(NC(=O)C(C)(C)Cl)C(C)(C)C. The summed E-state index contributed by atoms with van der Waals surface area (Å²) in [5.41, 5.74) is 0.0673. The standard InChI is InChI=1S/C10H20ClNO/c1-7(9(2,3)4)12-8(13)10(5,6)11/h7H,1-6H3,(H,12,13). The Morgan fingerprint density at radius 3 is 1.85 bits per heavy atom. The van der Waals surface area contributed by atoms with Crippen molar-refractivity contribution in [1.82, 2.24) is 5.32 Å². The van der Waals surface area contributed by atoms with Gasteiger partial charge in [-0.2, -0.15) is 0 Å². The van der Waals surface area contributed by atoms with Gasteiger partial charge >= 0.3 is 0 Å². The van der Waals surface area contributed by atoms with Crippen molar-refractivity contribution < 1.29 is 4.79 Å². The molecule has 0 radical (unpaired) electrons. The lowest BCUT2D eigenvalue weighted by Crippen LogP contribution is -2.47. The van der Waals surface area contributed by atoms with Crippen LogP contribution >= 0.6 is 11.6 Å². The molecular formula is C10H20ClNO. The highest BCUT2D eigenvalue weighted by molar-refractivity contribution is 6.34. The molecule has 0 aliphatic carbocycles. The van der Waals surface area contributed by atoms with Crippen LogP contribution in [-0.2, 0) is 4.79 Å². The Morgan fingerprint density at radius 2 is 1.62 bits per heavy atom. The zero-order valence-corrected chi connectivity index (χ0v) is 10.1. The molecule has 0 spiro atoms. The molecule has 0 aliphatic rings. The fourth-order valence-corrected chi connectivity index (χ4v) is 0.639. The van der Waals surface area contributed by atoms with Crippen molar-refractivity contribution >= 4 is 17.5 Å². The number of hydrogen-bond donors (Lipinski definition) is 1. The largest absolute Gasteiger partial charge is 0.352 e. The summed E-state index contributed by atoms with van der Waals surface area (Å²) in [6.45, 7) is 11.6. The van der Waals surface area contributed by atoms with Crippen LogP contribution in [0.3, 0.4) is 0 Å². The van der Waals surface area contributed by atoms with E-state index in [1.807, 2.05) is 6.92 Å². The highest BCUT2D eigenvalue weighted by Gasteiger charge is 2.29. The molecule has 13 heavy (non-hydrogen) atoms. The summed E-state index contributed by atoms with van der Waals surface area (Å²) >= 11 is 5.87. The van der Waals surface area contributed by atoms with Crippen LogP contribution in [-0.4, -0.2) is 16.8 Å². The molecule has 1 amide bonds.